The van der Waals surface area contributed by atoms with Crippen LogP contribution in [0.3, 0.4) is 0 Å². The van der Waals surface area contributed by atoms with Crippen LogP contribution in [-0.4, -0.2) is 28.9 Å². The lowest BCUT2D eigenvalue weighted by Crippen LogP contribution is -2.35. The summed E-state index contributed by atoms with van der Waals surface area (Å²) in [4.78, 5) is 20.2. The molecule has 1 aliphatic heterocycles. The highest BCUT2D eigenvalue weighted by atomic mass is 19.1. The largest absolute Gasteiger partial charge is 0.299 e. The number of halogens is 1. The maximum Gasteiger partial charge on any atom is 0.270 e. The Labute approximate surface area is 157 Å². The molecular formula is C21H21FN4O. The first-order chi connectivity index (χ1) is 13.2. The third-order valence-electron chi connectivity index (χ3n) is 4.96. The number of fused-ring (bicyclic) bond motifs is 2. The normalized spacial score (nSPS) is 14.0. The highest BCUT2D eigenvalue weighted by Crippen LogP contribution is 2.28. The van der Waals surface area contributed by atoms with Crippen molar-refractivity contribution in [1.82, 2.24) is 15.3 Å². The molecule has 0 saturated heterocycles. The Kier molecular flexibility index (Phi) is 4.73. The van der Waals surface area contributed by atoms with Crippen molar-refractivity contribution in [2.75, 3.05) is 18.5 Å². The van der Waals surface area contributed by atoms with Gasteiger partial charge in [0, 0.05) is 36.2 Å². The average molecular weight is 364 g/mol. The molecule has 1 aromatic heterocycles. The molecule has 5 nitrogen and oxygen atoms in total. The molecule has 27 heavy (non-hydrogen) atoms. The third kappa shape index (κ3) is 3.48. The van der Waals surface area contributed by atoms with E-state index >= 15 is 0 Å². The molecule has 0 bridgehead atoms. The van der Waals surface area contributed by atoms with Gasteiger partial charge in [-0.2, -0.15) is 0 Å². The number of hydrogen-bond donors (Lipinski definition) is 2. The summed E-state index contributed by atoms with van der Waals surface area (Å²) >= 11 is 0. The highest BCUT2D eigenvalue weighted by molar-refractivity contribution is 6.08. The molecule has 0 fully saturated rings. The minimum absolute atomic E-state index is 0.216. The summed E-state index contributed by atoms with van der Waals surface area (Å²) in [5.41, 5.74) is 9.70. The van der Waals surface area contributed by atoms with Gasteiger partial charge in [-0.25, -0.2) is 4.39 Å². The summed E-state index contributed by atoms with van der Waals surface area (Å²) < 4.78 is 13.1. The molecule has 138 valence electrons. The summed E-state index contributed by atoms with van der Waals surface area (Å²) in [6.45, 7) is 4.71. The van der Waals surface area contributed by atoms with Crippen LogP contribution in [0.4, 0.5) is 10.1 Å². The fourth-order valence-corrected chi connectivity index (χ4v) is 3.50. The van der Waals surface area contributed by atoms with E-state index in [0.717, 1.165) is 41.7 Å². The Balaban J connectivity index is 1.70. The van der Waals surface area contributed by atoms with E-state index in [-0.39, 0.29) is 11.7 Å². The number of hydrazine groups is 1. The first-order valence-corrected chi connectivity index (χ1v) is 9.10. The first-order valence-electron chi connectivity index (χ1n) is 9.10. The first kappa shape index (κ1) is 17.4. The van der Waals surface area contributed by atoms with E-state index in [4.69, 9.17) is 4.98 Å². The van der Waals surface area contributed by atoms with Crippen LogP contribution in [0.2, 0.25) is 0 Å². The number of carbonyl (C=O) groups is 1. The van der Waals surface area contributed by atoms with Crippen molar-refractivity contribution in [2.24, 2.45) is 0 Å². The molecule has 0 radical (unpaired) electrons. The number of carbonyl (C=O) groups excluding carboxylic acids is 1. The molecule has 3 aromatic rings. The summed E-state index contributed by atoms with van der Waals surface area (Å²) in [5.74, 6) is -0.534. The fraction of sp³-hybridized carbons (Fsp3) is 0.238. The van der Waals surface area contributed by atoms with Crippen molar-refractivity contribution in [2.45, 2.75) is 19.9 Å². The standard InChI is InChI=1S/C21H21FN4O/c1-2-26-12-11-19-17(13-26)20(16-5-3-4-6-18(16)23-19)21(27)25-24-15-9-7-14(22)8-10-15/h3-10,24H,2,11-13H2,1H3,(H,25,27). The lowest BCUT2D eigenvalue weighted by molar-refractivity contribution is 0.0961. The highest BCUT2D eigenvalue weighted by Gasteiger charge is 2.25. The average Bonchev–Trinajstić information content (AvgIpc) is 2.71. The Hall–Kier alpha value is -2.99. The maximum absolute atomic E-state index is 13.1. The van der Waals surface area contributed by atoms with Gasteiger partial charge in [0.05, 0.1) is 16.8 Å². The number of benzene rings is 2. The number of pyridine rings is 1. The number of amides is 1. The third-order valence-corrected chi connectivity index (χ3v) is 4.96. The second-order valence-corrected chi connectivity index (χ2v) is 6.63. The number of nitrogens with one attached hydrogen (secondary N) is 2. The van der Waals surface area contributed by atoms with E-state index in [2.05, 4.69) is 22.7 Å². The predicted octanol–water partition coefficient (Wildman–Crippen LogP) is 3.51. The van der Waals surface area contributed by atoms with Gasteiger partial charge < -0.3 is 0 Å². The number of para-hydroxylation sites is 1. The van der Waals surface area contributed by atoms with Gasteiger partial charge in [0.2, 0.25) is 0 Å². The molecule has 0 aliphatic carbocycles. The molecule has 0 atom stereocenters. The molecule has 0 saturated carbocycles. The van der Waals surface area contributed by atoms with E-state index < -0.39 is 0 Å². The molecule has 1 amide bonds. The summed E-state index contributed by atoms with van der Waals surface area (Å²) in [6.07, 6.45) is 0.833. The zero-order valence-corrected chi connectivity index (χ0v) is 15.1. The number of aromatic nitrogens is 1. The summed E-state index contributed by atoms with van der Waals surface area (Å²) in [5, 5.41) is 0.840. The second kappa shape index (κ2) is 7.32. The molecule has 6 heteroatoms. The van der Waals surface area contributed by atoms with Crippen LogP contribution < -0.4 is 10.9 Å². The van der Waals surface area contributed by atoms with Crippen LogP contribution in [0, 0.1) is 5.82 Å². The number of nitrogens with zero attached hydrogens (tertiary/aromatic N) is 2. The quantitative estimate of drug-likeness (QED) is 0.696. The van der Waals surface area contributed by atoms with Crippen molar-refractivity contribution in [3.8, 4) is 0 Å². The van der Waals surface area contributed by atoms with Crippen LogP contribution in [-0.2, 0) is 13.0 Å². The Bertz CT molecular complexity index is 987. The van der Waals surface area contributed by atoms with E-state index in [1.165, 1.54) is 12.1 Å². The monoisotopic (exact) mass is 364 g/mol. The van der Waals surface area contributed by atoms with E-state index in [1.807, 2.05) is 24.3 Å². The molecule has 2 aromatic carbocycles. The number of likely N-dealkylation sites (N-methyl/N-ethyl adjacent to an activating group) is 1. The lowest BCUT2D eigenvalue weighted by Gasteiger charge is -2.29. The van der Waals surface area contributed by atoms with Gasteiger partial charge in [-0.15, -0.1) is 0 Å². The zero-order chi connectivity index (χ0) is 18.8. The molecule has 0 unspecified atom stereocenters. The van der Waals surface area contributed by atoms with Crippen molar-refractivity contribution in [1.29, 1.82) is 0 Å². The number of hydrogen-bond acceptors (Lipinski definition) is 4. The van der Waals surface area contributed by atoms with Crippen molar-refractivity contribution >= 4 is 22.5 Å². The van der Waals surface area contributed by atoms with Crippen molar-refractivity contribution < 1.29 is 9.18 Å². The van der Waals surface area contributed by atoms with Crippen LogP contribution in [0.15, 0.2) is 48.5 Å². The van der Waals surface area contributed by atoms with Crippen LogP contribution in [0.1, 0.15) is 28.5 Å². The van der Waals surface area contributed by atoms with Crippen LogP contribution in [0.25, 0.3) is 10.9 Å². The van der Waals surface area contributed by atoms with Crippen LogP contribution >= 0.6 is 0 Å². The van der Waals surface area contributed by atoms with Crippen LogP contribution in [0.5, 0.6) is 0 Å². The Morgan fingerprint density at radius 1 is 1.19 bits per heavy atom. The smallest absolute Gasteiger partial charge is 0.270 e. The van der Waals surface area contributed by atoms with Crippen molar-refractivity contribution in [3.63, 3.8) is 0 Å². The van der Waals surface area contributed by atoms with Gasteiger partial charge in [0.15, 0.2) is 0 Å². The van der Waals surface area contributed by atoms with Gasteiger partial charge in [-0.05, 0) is 36.9 Å². The molecule has 2 N–H and O–H groups in total. The Morgan fingerprint density at radius 2 is 1.96 bits per heavy atom. The number of rotatable bonds is 4. The minimum atomic E-state index is -0.319. The van der Waals surface area contributed by atoms with E-state index in [9.17, 15) is 9.18 Å². The topological polar surface area (TPSA) is 57.3 Å². The van der Waals surface area contributed by atoms with Gasteiger partial charge in [0.1, 0.15) is 5.82 Å². The fourth-order valence-electron chi connectivity index (χ4n) is 3.50. The summed E-state index contributed by atoms with van der Waals surface area (Å²) in [7, 11) is 0. The van der Waals surface area contributed by atoms with Gasteiger partial charge in [0.25, 0.3) is 5.91 Å². The van der Waals surface area contributed by atoms with Gasteiger partial charge >= 0.3 is 0 Å². The molecule has 4 rings (SSSR count). The molecule has 2 heterocycles. The van der Waals surface area contributed by atoms with E-state index in [0.29, 0.717) is 17.8 Å². The number of anilines is 1. The molecular weight excluding hydrogens is 343 g/mol. The minimum Gasteiger partial charge on any atom is -0.299 e. The van der Waals surface area contributed by atoms with Gasteiger partial charge in [-0.3, -0.25) is 25.5 Å². The Morgan fingerprint density at radius 3 is 2.74 bits per heavy atom. The maximum atomic E-state index is 13.1. The van der Waals surface area contributed by atoms with Crippen molar-refractivity contribution in [3.05, 3.63) is 71.2 Å². The van der Waals surface area contributed by atoms with Gasteiger partial charge in [-0.1, -0.05) is 25.1 Å². The lowest BCUT2D eigenvalue weighted by atomic mass is 9.95. The van der Waals surface area contributed by atoms with E-state index in [1.54, 1.807) is 12.1 Å². The zero-order valence-electron chi connectivity index (χ0n) is 15.1. The summed E-state index contributed by atoms with van der Waals surface area (Å²) in [6, 6.07) is 13.6. The SMILES string of the molecule is CCN1CCc2nc3ccccc3c(C(=O)NNc3ccc(F)cc3)c2C1. The second-order valence-electron chi connectivity index (χ2n) is 6.63. The molecule has 1 aliphatic rings. The predicted molar refractivity (Wildman–Crippen MR) is 104 cm³/mol. The molecule has 0 spiro atoms.